The van der Waals surface area contributed by atoms with Crippen LogP contribution in [0.1, 0.15) is 13.8 Å². The maximum absolute atomic E-state index is 4.33. The van der Waals surface area contributed by atoms with Crippen molar-refractivity contribution < 1.29 is 61.5 Å². The quantitative estimate of drug-likeness (QED) is 0.248. The Bertz CT molecular complexity index is 1170. The third-order valence-electron chi connectivity index (χ3n) is 4.15. The van der Waals surface area contributed by atoms with E-state index in [1.54, 1.807) is 24.8 Å². The van der Waals surface area contributed by atoms with E-state index in [9.17, 15) is 0 Å². The first-order valence-corrected chi connectivity index (χ1v) is 9.16. The van der Waals surface area contributed by atoms with E-state index >= 15 is 0 Å². The van der Waals surface area contributed by atoms with Gasteiger partial charge in [-0.1, -0.05) is 13.8 Å². The molecule has 9 heteroatoms. The third kappa shape index (κ3) is 5.02. The van der Waals surface area contributed by atoms with Crippen molar-refractivity contribution in [3.63, 3.8) is 0 Å². The summed E-state index contributed by atoms with van der Waals surface area (Å²) in [5.74, 6) is 0. The van der Waals surface area contributed by atoms with Crippen LogP contribution in [-0.2, 0) is 0 Å². The first-order chi connectivity index (χ1) is 13.9. The van der Waals surface area contributed by atoms with Crippen LogP contribution in [0.25, 0.3) is 45.1 Å². The zero-order valence-corrected chi connectivity index (χ0v) is 20.6. The minimum atomic E-state index is 0. The van der Waals surface area contributed by atoms with E-state index in [2.05, 4.69) is 34.9 Å². The number of nitrogens with one attached hydrogen (secondary N) is 3. The zero-order valence-electron chi connectivity index (χ0n) is 17.0. The predicted molar refractivity (Wildman–Crippen MR) is 105 cm³/mol. The van der Waals surface area contributed by atoms with Crippen molar-refractivity contribution in [2.75, 3.05) is 0 Å². The van der Waals surface area contributed by atoms with Crippen LogP contribution in [-0.4, -0.2) is 19.9 Å². The summed E-state index contributed by atoms with van der Waals surface area (Å²) in [4.78, 5) is 27.3. The van der Waals surface area contributed by atoms with E-state index < -0.39 is 0 Å². The molecule has 144 valence electrons. The van der Waals surface area contributed by atoms with Crippen molar-refractivity contribution in [2.45, 2.75) is 13.8 Å². The summed E-state index contributed by atoms with van der Waals surface area (Å²) < 4.78 is 0. The summed E-state index contributed by atoms with van der Waals surface area (Å²) in [6, 6.07) is 13.9. The fraction of sp³-hybridized carbons (Fsp3) is 0.0952. The SMILES string of the molecule is CC.[Br-].[Na+].c1cc(-c2ccc3nccnc3[nH+]2)[nH+]c(-c2ccc3nccnc3[nH+]2)c1. The number of rotatable bonds is 2. The Morgan fingerprint density at radius 1 is 0.533 bits per heavy atom. The van der Waals surface area contributed by atoms with Gasteiger partial charge in [0, 0.05) is 12.1 Å². The van der Waals surface area contributed by atoms with Crippen LogP contribution < -0.4 is 61.5 Å². The van der Waals surface area contributed by atoms with Gasteiger partial charge >= 0.3 is 40.9 Å². The predicted octanol–water partition coefficient (Wildman–Crippen LogP) is -3.62. The molecule has 0 saturated carbocycles. The monoisotopic (exact) mass is 472 g/mol. The molecule has 7 nitrogen and oxygen atoms in total. The van der Waals surface area contributed by atoms with Crippen LogP contribution in [0.3, 0.4) is 0 Å². The second-order valence-electron chi connectivity index (χ2n) is 5.80. The summed E-state index contributed by atoms with van der Waals surface area (Å²) in [5.41, 5.74) is 6.90. The van der Waals surface area contributed by atoms with E-state index in [0.717, 1.165) is 45.1 Å². The zero-order chi connectivity index (χ0) is 19.3. The molecule has 0 aliphatic heterocycles. The molecule has 0 amide bonds. The topological polar surface area (TPSA) is 94.0 Å². The Kier molecular flexibility index (Phi) is 8.86. The molecule has 30 heavy (non-hydrogen) atoms. The smallest absolute Gasteiger partial charge is 1.00 e. The molecule has 5 aromatic heterocycles. The number of nitrogens with zero attached hydrogens (tertiary/aromatic N) is 4. The van der Waals surface area contributed by atoms with E-state index in [4.69, 9.17) is 0 Å². The standard InChI is InChI=1S/C19H11N7.C2H6.BrH.Na/c1-2-12(14-4-6-16-18(25-14)22-10-8-20-16)24-13(3-1)15-5-7-17-19(26-15)23-11-9-21-17;1-2;;/h1-11H;1-2H3;1H;/q;;;+1/p+2. The molecule has 0 saturated heterocycles. The molecular formula is C21H20BrN7Na+3. The van der Waals surface area contributed by atoms with Gasteiger partial charge in [0.1, 0.15) is 0 Å². The van der Waals surface area contributed by atoms with Gasteiger partial charge in [0.25, 0.3) is 11.4 Å². The Morgan fingerprint density at radius 3 is 1.40 bits per heavy atom. The second-order valence-corrected chi connectivity index (χ2v) is 5.80. The first-order valence-electron chi connectivity index (χ1n) is 9.16. The van der Waals surface area contributed by atoms with Crippen LogP contribution in [0.15, 0.2) is 67.3 Å². The summed E-state index contributed by atoms with van der Waals surface area (Å²) in [6.07, 6.45) is 6.71. The van der Waals surface area contributed by atoms with Crippen LogP contribution in [0, 0.1) is 0 Å². The van der Waals surface area contributed by atoms with Crippen LogP contribution >= 0.6 is 0 Å². The van der Waals surface area contributed by atoms with Crippen LogP contribution in [0.5, 0.6) is 0 Å². The molecule has 3 N–H and O–H groups in total. The number of H-pyrrole nitrogens is 3. The molecule has 0 aliphatic carbocycles. The van der Waals surface area contributed by atoms with Gasteiger partial charge in [-0.15, -0.1) is 0 Å². The molecule has 5 rings (SSSR count). The molecule has 0 fully saturated rings. The summed E-state index contributed by atoms with van der Waals surface area (Å²) in [5, 5.41) is 0. The molecule has 5 heterocycles. The fourth-order valence-corrected chi connectivity index (χ4v) is 2.89. The normalized spacial score (nSPS) is 9.80. The Balaban J connectivity index is 0.000000779. The third-order valence-corrected chi connectivity index (χ3v) is 4.15. The van der Waals surface area contributed by atoms with Gasteiger partial charge in [0.15, 0.2) is 34.8 Å². The molecule has 0 aliphatic rings. The number of pyridine rings is 3. The number of hydrogen-bond acceptors (Lipinski definition) is 4. The first kappa shape index (κ1) is 23.9. The van der Waals surface area contributed by atoms with Gasteiger partial charge in [-0.2, -0.15) is 4.98 Å². The number of halogens is 1. The Hall–Kier alpha value is -2.39. The van der Waals surface area contributed by atoms with Crippen molar-refractivity contribution in [2.24, 2.45) is 0 Å². The molecule has 5 aromatic rings. The van der Waals surface area contributed by atoms with E-state index in [1.807, 2.05) is 56.3 Å². The van der Waals surface area contributed by atoms with Crippen molar-refractivity contribution in [3.05, 3.63) is 67.3 Å². The second kappa shape index (κ2) is 11.1. The van der Waals surface area contributed by atoms with Gasteiger partial charge < -0.3 is 17.0 Å². The number of hydrogen-bond donors (Lipinski definition) is 0. The van der Waals surface area contributed by atoms with Gasteiger partial charge in [0.05, 0.1) is 12.4 Å². The molecule has 0 spiro atoms. The summed E-state index contributed by atoms with van der Waals surface area (Å²) in [7, 11) is 0. The van der Waals surface area contributed by atoms with Crippen molar-refractivity contribution >= 4 is 22.3 Å². The minimum absolute atomic E-state index is 0. The van der Waals surface area contributed by atoms with Gasteiger partial charge in [0.2, 0.25) is 0 Å². The summed E-state index contributed by atoms with van der Waals surface area (Å²) in [6.45, 7) is 4.00. The van der Waals surface area contributed by atoms with E-state index in [1.165, 1.54) is 0 Å². The Morgan fingerprint density at radius 2 is 0.933 bits per heavy atom. The van der Waals surface area contributed by atoms with Crippen LogP contribution in [0.2, 0.25) is 0 Å². The maximum atomic E-state index is 4.33. The van der Waals surface area contributed by atoms with Gasteiger partial charge in [-0.05, 0) is 40.3 Å². The molecular weight excluding hydrogens is 453 g/mol. The van der Waals surface area contributed by atoms with E-state index in [-0.39, 0.29) is 46.5 Å². The molecule has 0 unspecified atom stereocenters. The average molecular weight is 473 g/mol. The largest absolute Gasteiger partial charge is 1.00 e. The van der Waals surface area contributed by atoms with Crippen LogP contribution in [0.4, 0.5) is 0 Å². The van der Waals surface area contributed by atoms with Crippen molar-refractivity contribution in [1.82, 2.24) is 19.9 Å². The maximum Gasteiger partial charge on any atom is 1.00 e. The van der Waals surface area contributed by atoms with Gasteiger partial charge in [-0.25, -0.2) is 19.9 Å². The fourth-order valence-electron chi connectivity index (χ4n) is 2.89. The van der Waals surface area contributed by atoms with Crippen molar-refractivity contribution in [3.8, 4) is 22.8 Å². The van der Waals surface area contributed by atoms with Gasteiger partial charge in [-0.3, -0.25) is 0 Å². The molecule has 0 atom stereocenters. The average Bonchev–Trinajstić information content (AvgIpc) is 2.80. The molecule has 0 aromatic carbocycles. The number of aromatic amines is 3. The number of fused-ring (bicyclic) bond motifs is 2. The minimum Gasteiger partial charge on any atom is -1.00 e. The molecule has 0 radical (unpaired) electrons. The van der Waals surface area contributed by atoms with Crippen molar-refractivity contribution in [1.29, 1.82) is 0 Å². The van der Waals surface area contributed by atoms with E-state index in [0.29, 0.717) is 0 Å². The molecule has 0 bridgehead atoms. The summed E-state index contributed by atoms with van der Waals surface area (Å²) >= 11 is 0. The Labute approximate surface area is 206 Å². The number of aromatic nitrogens is 7.